The molecule has 4 N–H and O–H groups in total. The normalized spacial score (nSPS) is 11.1. The van der Waals surface area contributed by atoms with Crippen molar-refractivity contribution in [1.29, 1.82) is 5.26 Å². The van der Waals surface area contributed by atoms with Crippen LogP contribution in [0.1, 0.15) is 36.5 Å². The van der Waals surface area contributed by atoms with Crippen LogP contribution in [0.2, 0.25) is 0 Å². The summed E-state index contributed by atoms with van der Waals surface area (Å²) in [5.41, 5.74) is 6.16. The van der Waals surface area contributed by atoms with Crippen LogP contribution in [0.3, 0.4) is 0 Å². The lowest BCUT2D eigenvalue weighted by atomic mass is 10.1. The third kappa shape index (κ3) is 5.63. The zero-order valence-corrected chi connectivity index (χ0v) is 12.3. The molecule has 22 heavy (non-hydrogen) atoms. The zero-order valence-electron chi connectivity index (χ0n) is 12.3. The fourth-order valence-corrected chi connectivity index (χ4v) is 1.82. The Bertz CT molecular complexity index is 590. The number of hydrogen-bond acceptors (Lipinski definition) is 4. The predicted molar refractivity (Wildman–Crippen MR) is 80.7 cm³/mol. The highest BCUT2D eigenvalue weighted by Gasteiger charge is 2.18. The summed E-state index contributed by atoms with van der Waals surface area (Å²) in [7, 11) is 0. The Hall–Kier alpha value is -2.88. The van der Waals surface area contributed by atoms with E-state index < -0.39 is 17.9 Å². The molecule has 0 aromatic heterocycles. The van der Waals surface area contributed by atoms with Crippen molar-refractivity contribution in [2.75, 3.05) is 5.32 Å². The Balaban J connectivity index is 2.67. The second-order valence-electron chi connectivity index (χ2n) is 4.74. The van der Waals surface area contributed by atoms with E-state index in [0.29, 0.717) is 30.5 Å². The van der Waals surface area contributed by atoms with E-state index in [9.17, 15) is 14.4 Å². The topological polar surface area (TPSA) is 125 Å². The number of hydrogen-bond donors (Lipinski definition) is 3. The molecule has 1 aromatic rings. The Morgan fingerprint density at radius 3 is 2.41 bits per heavy atom. The molecule has 116 valence electrons. The first-order chi connectivity index (χ1) is 10.4. The second-order valence-corrected chi connectivity index (χ2v) is 4.74. The van der Waals surface area contributed by atoms with Gasteiger partial charge in [-0.05, 0) is 37.1 Å². The van der Waals surface area contributed by atoms with E-state index in [1.54, 1.807) is 12.1 Å². The summed E-state index contributed by atoms with van der Waals surface area (Å²) in [6.07, 6.45) is 1.09. The van der Waals surface area contributed by atoms with Crippen molar-refractivity contribution in [1.82, 2.24) is 5.32 Å². The van der Waals surface area contributed by atoms with Crippen molar-refractivity contribution in [2.45, 2.75) is 32.2 Å². The maximum absolute atomic E-state index is 12.1. The Labute approximate surface area is 128 Å². The van der Waals surface area contributed by atoms with Crippen LogP contribution in [0.4, 0.5) is 5.69 Å². The molecule has 0 fully saturated rings. The molecular weight excluding hydrogens is 284 g/mol. The maximum Gasteiger partial charge on any atom is 0.251 e. The standard InChI is InChI=1S/C15H18N4O3/c1-10(20)18-12-7-5-11(6-8-12)15(22)19-13(14(17)21)4-2-3-9-16/h5-8,13H,2-4H2,1H3,(H2,17,21)(H,18,20)(H,19,22)/t13-/m1/s1. The van der Waals surface area contributed by atoms with Gasteiger partial charge in [0.25, 0.3) is 5.91 Å². The molecule has 7 heteroatoms. The number of rotatable bonds is 7. The minimum atomic E-state index is -0.809. The van der Waals surface area contributed by atoms with Crippen LogP contribution < -0.4 is 16.4 Å². The minimum Gasteiger partial charge on any atom is -0.368 e. The first-order valence-corrected chi connectivity index (χ1v) is 6.79. The number of unbranched alkanes of at least 4 members (excludes halogenated alkanes) is 1. The first-order valence-electron chi connectivity index (χ1n) is 6.79. The summed E-state index contributed by atoms with van der Waals surface area (Å²) in [6.45, 7) is 1.39. The number of nitrogens with two attached hydrogens (primary N) is 1. The van der Waals surface area contributed by atoms with Gasteiger partial charge in [-0.2, -0.15) is 5.26 Å². The van der Waals surface area contributed by atoms with Gasteiger partial charge in [-0.3, -0.25) is 14.4 Å². The van der Waals surface area contributed by atoms with Crippen molar-refractivity contribution >= 4 is 23.4 Å². The van der Waals surface area contributed by atoms with E-state index in [1.807, 2.05) is 6.07 Å². The number of primary amides is 1. The molecule has 0 aliphatic rings. The molecule has 0 radical (unpaired) electrons. The van der Waals surface area contributed by atoms with Crippen molar-refractivity contribution < 1.29 is 14.4 Å². The van der Waals surface area contributed by atoms with Crippen molar-refractivity contribution in [3.05, 3.63) is 29.8 Å². The van der Waals surface area contributed by atoms with E-state index >= 15 is 0 Å². The van der Waals surface area contributed by atoms with Gasteiger partial charge in [-0.15, -0.1) is 0 Å². The molecule has 0 aliphatic heterocycles. The Morgan fingerprint density at radius 1 is 1.27 bits per heavy atom. The average molecular weight is 302 g/mol. The van der Waals surface area contributed by atoms with Crippen molar-refractivity contribution in [3.8, 4) is 6.07 Å². The van der Waals surface area contributed by atoms with Crippen molar-refractivity contribution in [3.63, 3.8) is 0 Å². The maximum atomic E-state index is 12.1. The molecule has 1 atom stereocenters. The molecule has 0 saturated carbocycles. The number of carbonyl (C=O) groups excluding carboxylic acids is 3. The molecule has 0 unspecified atom stereocenters. The molecule has 0 spiro atoms. The molecular formula is C15H18N4O3. The highest BCUT2D eigenvalue weighted by molar-refractivity contribution is 5.98. The second kappa shape index (κ2) is 8.42. The number of nitrogens with one attached hydrogen (secondary N) is 2. The lowest BCUT2D eigenvalue weighted by molar-refractivity contribution is -0.120. The summed E-state index contributed by atoms with van der Waals surface area (Å²) in [6, 6.07) is 7.41. The van der Waals surface area contributed by atoms with Gasteiger partial charge in [0.05, 0.1) is 6.07 Å². The predicted octanol–water partition coefficient (Wildman–Crippen LogP) is 0.923. The number of nitriles is 1. The number of nitrogens with zero attached hydrogens (tertiary/aromatic N) is 1. The van der Waals surface area contributed by atoms with Gasteiger partial charge >= 0.3 is 0 Å². The van der Waals surface area contributed by atoms with Gasteiger partial charge < -0.3 is 16.4 Å². The molecule has 0 aliphatic carbocycles. The van der Waals surface area contributed by atoms with E-state index in [-0.39, 0.29) is 5.91 Å². The van der Waals surface area contributed by atoms with E-state index in [2.05, 4.69) is 10.6 Å². The lowest BCUT2D eigenvalue weighted by Gasteiger charge is -2.15. The largest absolute Gasteiger partial charge is 0.368 e. The highest BCUT2D eigenvalue weighted by Crippen LogP contribution is 2.10. The number of benzene rings is 1. The molecule has 0 saturated heterocycles. The van der Waals surface area contributed by atoms with Crippen molar-refractivity contribution in [2.24, 2.45) is 5.73 Å². The molecule has 1 aromatic carbocycles. The molecule has 0 heterocycles. The van der Waals surface area contributed by atoms with Gasteiger partial charge in [0.1, 0.15) is 6.04 Å². The number of carbonyl (C=O) groups is 3. The molecule has 1 rings (SSSR count). The van der Waals surface area contributed by atoms with E-state index in [1.165, 1.54) is 19.1 Å². The summed E-state index contributed by atoms with van der Waals surface area (Å²) in [5.74, 6) is -1.28. The molecule has 0 bridgehead atoms. The number of amides is 3. The number of anilines is 1. The highest BCUT2D eigenvalue weighted by atomic mass is 16.2. The summed E-state index contributed by atoms with van der Waals surface area (Å²) >= 11 is 0. The fraction of sp³-hybridized carbons (Fsp3) is 0.333. The van der Waals surface area contributed by atoms with Crippen LogP contribution in [0, 0.1) is 11.3 Å². The quantitative estimate of drug-likeness (QED) is 0.647. The van der Waals surface area contributed by atoms with E-state index in [0.717, 1.165) is 0 Å². The SMILES string of the molecule is CC(=O)Nc1ccc(C(=O)N[C@H](CCCC#N)C(N)=O)cc1. The van der Waals surface area contributed by atoms with Crippen LogP contribution in [-0.2, 0) is 9.59 Å². The van der Waals surface area contributed by atoms with Crippen LogP contribution in [0.15, 0.2) is 24.3 Å². The van der Waals surface area contributed by atoms with E-state index in [4.69, 9.17) is 11.0 Å². The van der Waals surface area contributed by atoms with Gasteiger partial charge in [-0.1, -0.05) is 0 Å². The Morgan fingerprint density at radius 2 is 1.91 bits per heavy atom. The zero-order chi connectivity index (χ0) is 16.5. The third-order valence-corrected chi connectivity index (χ3v) is 2.90. The van der Waals surface area contributed by atoms with Gasteiger partial charge in [-0.25, -0.2) is 0 Å². The van der Waals surface area contributed by atoms with Crippen LogP contribution in [-0.4, -0.2) is 23.8 Å². The van der Waals surface area contributed by atoms with Gasteiger partial charge in [0.15, 0.2) is 0 Å². The van der Waals surface area contributed by atoms with Crippen LogP contribution >= 0.6 is 0 Å². The smallest absolute Gasteiger partial charge is 0.251 e. The minimum absolute atomic E-state index is 0.205. The molecule has 3 amide bonds. The third-order valence-electron chi connectivity index (χ3n) is 2.90. The average Bonchev–Trinajstić information content (AvgIpc) is 2.46. The monoisotopic (exact) mass is 302 g/mol. The summed E-state index contributed by atoms with van der Waals surface area (Å²) in [5, 5.41) is 13.6. The first kappa shape index (κ1) is 17.2. The summed E-state index contributed by atoms with van der Waals surface area (Å²) < 4.78 is 0. The van der Waals surface area contributed by atoms with Crippen LogP contribution in [0.25, 0.3) is 0 Å². The molecule has 7 nitrogen and oxygen atoms in total. The van der Waals surface area contributed by atoms with Gasteiger partial charge in [0.2, 0.25) is 11.8 Å². The Kier molecular flexibility index (Phi) is 6.57. The van der Waals surface area contributed by atoms with Crippen LogP contribution in [0.5, 0.6) is 0 Å². The lowest BCUT2D eigenvalue weighted by Crippen LogP contribution is -2.44. The summed E-state index contributed by atoms with van der Waals surface area (Å²) in [4.78, 5) is 34.3. The fourth-order valence-electron chi connectivity index (χ4n) is 1.82. The van der Waals surface area contributed by atoms with Gasteiger partial charge in [0, 0.05) is 24.6 Å².